The summed E-state index contributed by atoms with van der Waals surface area (Å²) in [7, 11) is 2.82. The molecule has 0 atom stereocenters. The fraction of sp³-hybridized carbons (Fsp3) is 0.208. The Hall–Kier alpha value is -3.87. The molecule has 0 aliphatic heterocycles. The molecule has 0 unspecified atom stereocenters. The normalized spacial score (nSPS) is 12.0. The van der Waals surface area contributed by atoms with Gasteiger partial charge in [0.15, 0.2) is 5.13 Å². The molecule has 2 heterocycles. The number of nitrogens with zero attached hydrogens (tertiary/aromatic N) is 3. The van der Waals surface area contributed by atoms with Crippen molar-refractivity contribution >= 4 is 32.6 Å². The van der Waals surface area contributed by atoms with Crippen LogP contribution in [0.3, 0.4) is 0 Å². The van der Waals surface area contributed by atoms with E-state index in [1.165, 1.54) is 26.6 Å². The van der Waals surface area contributed by atoms with Gasteiger partial charge in [-0.1, -0.05) is 17.4 Å². The highest BCUT2D eigenvalue weighted by molar-refractivity contribution is 7.22. The van der Waals surface area contributed by atoms with Gasteiger partial charge in [-0.25, -0.2) is 4.98 Å². The van der Waals surface area contributed by atoms with E-state index in [1.54, 1.807) is 24.3 Å². The molecule has 2 aromatic heterocycles. The van der Waals surface area contributed by atoms with Crippen LogP contribution in [-0.4, -0.2) is 30.1 Å². The monoisotopic (exact) mass is 541 g/mol. The zero-order valence-electron chi connectivity index (χ0n) is 19.1. The van der Waals surface area contributed by atoms with Crippen LogP contribution in [0.1, 0.15) is 27.0 Å². The van der Waals surface area contributed by atoms with E-state index >= 15 is 0 Å². The van der Waals surface area contributed by atoms with E-state index in [-0.39, 0.29) is 17.7 Å². The van der Waals surface area contributed by atoms with E-state index in [0.29, 0.717) is 39.4 Å². The number of halogens is 6. The number of ether oxygens (including phenoxy) is 2. The summed E-state index contributed by atoms with van der Waals surface area (Å²) in [5.74, 6) is -0.380. The number of hydrogen-bond acceptors (Lipinski definition) is 6. The molecule has 6 nitrogen and oxygen atoms in total. The summed E-state index contributed by atoms with van der Waals surface area (Å²) in [5, 5.41) is 0.0117. The van der Waals surface area contributed by atoms with E-state index < -0.39 is 35.0 Å². The molecule has 0 bridgehead atoms. The molecular formula is C24H17F6N3O3S. The van der Waals surface area contributed by atoms with Crippen LogP contribution in [0.4, 0.5) is 31.5 Å². The third kappa shape index (κ3) is 5.45. The van der Waals surface area contributed by atoms with Crippen LogP contribution in [0.2, 0.25) is 0 Å². The summed E-state index contributed by atoms with van der Waals surface area (Å²) in [4.78, 5) is 23.0. The smallest absolute Gasteiger partial charge is 0.416 e. The number of anilines is 1. The van der Waals surface area contributed by atoms with Crippen molar-refractivity contribution in [2.75, 3.05) is 19.1 Å². The molecule has 0 N–H and O–H groups in total. The van der Waals surface area contributed by atoms with Crippen LogP contribution in [0.15, 0.2) is 54.9 Å². The molecule has 0 saturated heterocycles. The van der Waals surface area contributed by atoms with Crippen molar-refractivity contribution in [2.45, 2.75) is 18.9 Å². The van der Waals surface area contributed by atoms with Gasteiger partial charge in [-0.15, -0.1) is 0 Å². The fourth-order valence-corrected chi connectivity index (χ4v) is 4.60. The summed E-state index contributed by atoms with van der Waals surface area (Å²) in [6, 6.07) is 7.13. The van der Waals surface area contributed by atoms with Gasteiger partial charge < -0.3 is 9.47 Å². The minimum atomic E-state index is -5.11. The van der Waals surface area contributed by atoms with Gasteiger partial charge >= 0.3 is 12.4 Å². The molecule has 194 valence electrons. The Morgan fingerprint density at radius 2 is 1.57 bits per heavy atom. The average Bonchev–Trinajstić information content (AvgIpc) is 3.31. The molecule has 2 aromatic carbocycles. The molecular weight excluding hydrogens is 524 g/mol. The molecule has 0 radical (unpaired) electrons. The second kappa shape index (κ2) is 9.88. The maximum atomic E-state index is 13.6. The fourth-order valence-electron chi connectivity index (χ4n) is 3.52. The number of amides is 1. The Balaban J connectivity index is 1.90. The van der Waals surface area contributed by atoms with Crippen LogP contribution in [0, 0.1) is 0 Å². The van der Waals surface area contributed by atoms with E-state index in [9.17, 15) is 31.1 Å². The van der Waals surface area contributed by atoms with Crippen LogP contribution in [0.25, 0.3) is 10.2 Å². The molecule has 0 saturated carbocycles. The van der Waals surface area contributed by atoms with Crippen LogP contribution >= 0.6 is 11.3 Å². The Labute approximate surface area is 210 Å². The second-order valence-electron chi connectivity index (χ2n) is 7.69. The van der Waals surface area contributed by atoms with E-state index in [1.807, 2.05) is 0 Å². The first-order valence-electron chi connectivity index (χ1n) is 10.4. The van der Waals surface area contributed by atoms with Gasteiger partial charge in [-0.3, -0.25) is 14.7 Å². The lowest BCUT2D eigenvalue weighted by molar-refractivity contribution is -0.143. The average molecular weight is 541 g/mol. The Morgan fingerprint density at radius 1 is 0.946 bits per heavy atom. The SMILES string of the molecule is COc1ccc(OC)c2sc(N(Cc3cccnc3)C(=O)c3cc(C(F)(F)F)cc(C(F)(F)F)c3)nc12. The number of benzene rings is 2. The zero-order chi connectivity index (χ0) is 27.0. The molecule has 13 heteroatoms. The molecule has 1 amide bonds. The highest BCUT2D eigenvalue weighted by Gasteiger charge is 2.38. The molecule has 37 heavy (non-hydrogen) atoms. The van der Waals surface area contributed by atoms with Crippen molar-refractivity contribution in [3.05, 3.63) is 77.1 Å². The minimum Gasteiger partial charge on any atom is -0.495 e. The van der Waals surface area contributed by atoms with Gasteiger partial charge in [0.1, 0.15) is 21.7 Å². The van der Waals surface area contributed by atoms with Crippen LogP contribution < -0.4 is 14.4 Å². The summed E-state index contributed by atoms with van der Waals surface area (Å²) in [6.45, 7) is -0.227. The molecule has 0 fully saturated rings. The lowest BCUT2D eigenvalue weighted by Gasteiger charge is -2.21. The molecule has 4 aromatic rings. The topological polar surface area (TPSA) is 64.6 Å². The number of fused-ring (bicyclic) bond motifs is 1. The number of thiazole rings is 1. The molecule has 0 spiro atoms. The van der Waals surface area contributed by atoms with Gasteiger partial charge in [0.2, 0.25) is 0 Å². The largest absolute Gasteiger partial charge is 0.495 e. The number of rotatable bonds is 6. The summed E-state index contributed by atoms with van der Waals surface area (Å²) in [6.07, 6.45) is -7.32. The van der Waals surface area contributed by atoms with E-state index in [4.69, 9.17) is 9.47 Å². The van der Waals surface area contributed by atoms with Gasteiger partial charge in [0.25, 0.3) is 5.91 Å². The van der Waals surface area contributed by atoms with E-state index in [2.05, 4.69) is 9.97 Å². The third-order valence-electron chi connectivity index (χ3n) is 5.27. The van der Waals surface area contributed by atoms with Gasteiger partial charge in [-0.2, -0.15) is 26.3 Å². The van der Waals surface area contributed by atoms with Crippen molar-refractivity contribution in [3.63, 3.8) is 0 Å². The van der Waals surface area contributed by atoms with Crippen molar-refractivity contribution in [3.8, 4) is 11.5 Å². The number of pyridine rings is 1. The number of aromatic nitrogens is 2. The van der Waals surface area contributed by atoms with Crippen molar-refractivity contribution in [1.29, 1.82) is 0 Å². The van der Waals surface area contributed by atoms with Crippen molar-refractivity contribution in [1.82, 2.24) is 9.97 Å². The zero-order valence-corrected chi connectivity index (χ0v) is 20.0. The molecule has 0 aliphatic carbocycles. The highest BCUT2D eigenvalue weighted by Crippen LogP contribution is 2.41. The van der Waals surface area contributed by atoms with E-state index in [0.717, 1.165) is 16.2 Å². The second-order valence-corrected chi connectivity index (χ2v) is 8.67. The number of carbonyl (C=O) groups excluding carboxylic acids is 1. The molecule has 4 rings (SSSR count). The number of methoxy groups -OCH3 is 2. The number of carbonyl (C=O) groups is 1. The van der Waals surface area contributed by atoms with Crippen molar-refractivity contribution in [2.24, 2.45) is 0 Å². The Bertz CT molecular complexity index is 1360. The first kappa shape index (κ1) is 26.2. The lowest BCUT2D eigenvalue weighted by Crippen LogP contribution is -2.31. The quantitative estimate of drug-likeness (QED) is 0.258. The van der Waals surface area contributed by atoms with Crippen LogP contribution in [-0.2, 0) is 18.9 Å². The number of alkyl halides is 6. The lowest BCUT2D eigenvalue weighted by atomic mass is 10.0. The standard InChI is InChI=1S/C24H17F6N3O3S/c1-35-17-5-6-18(36-2)20-19(17)32-22(37-20)33(12-13-4-3-7-31-11-13)21(34)14-8-15(23(25,26)27)10-16(9-14)24(28,29)30/h3-11H,12H2,1-2H3. The van der Waals surface area contributed by atoms with Gasteiger partial charge in [-0.05, 0) is 42.0 Å². The Kier molecular flexibility index (Phi) is 7.00. The predicted octanol–water partition coefficient (Wildman–Crippen LogP) is 6.59. The van der Waals surface area contributed by atoms with Crippen molar-refractivity contribution < 1.29 is 40.6 Å². The third-order valence-corrected chi connectivity index (χ3v) is 6.37. The van der Waals surface area contributed by atoms with Gasteiger partial charge in [0, 0.05) is 18.0 Å². The summed E-state index contributed by atoms with van der Waals surface area (Å²) < 4.78 is 91.8. The summed E-state index contributed by atoms with van der Waals surface area (Å²) in [5.41, 5.74) is -3.22. The molecule has 0 aliphatic rings. The predicted molar refractivity (Wildman–Crippen MR) is 124 cm³/mol. The maximum absolute atomic E-state index is 13.6. The summed E-state index contributed by atoms with van der Waals surface area (Å²) >= 11 is 0.972. The van der Waals surface area contributed by atoms with Crippen LogP contribution in [0.5, 0.6) is 11.5 Å². The first-order valence-corrected chi connectivity index (χ1v) is 11.3. The Morgan fingerprint density at radius 3 is 2.11 bits per heavy atom. The minimum absolute atomic E-state index is 0.0117. The maximum Gasteiger partial charge on any atom is 0.416 e. The van der Waals surface area contributed by atoms with Gasteiger partial charge in [0.05, 0.1) is 31.9 Å². The highest BCUT2D eigenvalue weighted by atomic mass is 32.1. The number of hydrogen-bond donors (Lipinski definition) is 0. The first-order chi connectivity index (χ1) is 17.4.